The van der Waals surface area contributed by atoms with Gasteiger partial charge in [0.25, 0.3) is 5.56 Å². The first kappa shape index (κ1) is 14.4. The first-order chi connectivity index (χ1) is 10.1. The summed E-state index contributed by atoms with van der Waals surface area (Å²) in [5.41, 5.74) is 1.24. The Bertz CT molecular complexity index is 725. The van der Waals surface area contributed by atoms with E-state index in [1.807, 2.05) is 6.07 Å². The predicted octanol–water partition coefficient (Wildman–Crippen LogP) is 2.16. The van der Waals surface area contributed by atoms with Gasteiger partial charge >= 0.3 is 0 Å². The van der Waals surface area contributed by atoms with E-state index < -0.39 is 0 Å². The molecule has 112 valence electrons. The molecule has 21 heavy (non-hydrogen) atoms. The van der Waals surface area contributed by atoms with Crippen molar-refractivity contribution in [3.05, 3.63) is 33.7 Å². The molecule has 0 amide bonds. The highest BCUT2D eigenvalue weighted by atomic mass is 35.5. The minimum atomic E-state index is -0.113. The number of fused-ring (bicyclic) bond motifs is 1. The number of aliphatic hydroxyl groups is 1. The van der Waals surface area contributed by atoms with Gasteiger partial charge in [0.1, 0.15) is 5.65 Å². The summed E-state index contributed by atoms with van der Waals surface area (Å²) in [6.07, 6.45) is 4.55. The maximum Gasteiger partial charge on any atom is 0.253 e. The van der Waals surface area contributed by atoms with Gasteiger partial charge < -0.3 is 10.4 Å². The average Bonchev–Trinajstić information content (AvgIpc) is 3.28. The Kier molecular flexibility index (Phi) is 3.87. The van der Waals surface area contributed by atoms with E-state index in [4.69, 9.17) is 11.6 Å². The molecule has 1 saturated carbocycles. The molecular weight excluding hydrogens is 290 g/mol. The lowest BCUT2D eigenvalue weighted by Crippen LogP contribution is -2.26. The van der Waals surface area contributed by atoms with Crippen LogP contribution in [0.5, 0.6) is 0 Å². The number of anilines is 1. The summed E-state index contributed by atoms with van der Waals surface area (Å²) in [6.45, 7) is 0.135. The summed E-state index contributed by atoms with van der Waals surface area (Å²) in [4.78, 5) is 16.3. The van der Waals surface area contributed by atoms with Crippen molar-refractivity contribution in [2.45, 2.75) is 25.3 Å². The summed E-state index contributed by atoms with van der Waals surface area (Å²) in [5, 5.41) is 14.0. The number of nitrogens with zero attached hydrogens (tertiary/aromatic N) is 2. The van der Waals surface area contributed by atoms with Crippen LogP contribution in [-0.4, -0.2) is 27.3 Å². The van der Waals surface area contributed by atoms with E-state index in [1.54, 1.807) is 19.3 Å². The SMILES string of the molecule is Cn1c(=O)cc(N[C@H](CCO)C2CC2)c2cc(Cl)cnc21. The van der Waals surface area contributed by atoms with Gasteiger partial charge in [-0.25, -0.2) is 4.98 Å². The molecule has 2 heterocycles. The van der Waals surface area contributed by atoms with E-state index in [-0.39, 0.29) is 18.2 Å². The molecule has 2 aromatic heterocycles. The molecule has 1 fully saturated rings. The van der Waals surface area contributed by atoms with Crippen LogP contribution >= 0.6 is 11.6 Å². The monoisotopic (exact) mass is 307 g/mol. The molecule has 1 aliphatic rings. The molecule has 0 spiro atoms. The zero-order valence-electron chi connectivity index (χ0n) is 11.8. The zero-order chi connectivity index (χ0) is 15.0. The molecule has 3 rings (SSSR count). The molecule has 0 radical (unpaired) electrons. The molecule has 5 nitrogen and oxygen atoms in total. The van der Waals surface area contributed by atoms with Gasteiger partial charge in [-0.05, 0) is 31.2 Å². The molecule has 0 bridgehead atoms. The fraction of sp³-hybridized carbons (Fsp3) is 0.467. The summed E-state index contributed by atoms with van der Waals surface area (Å²) >= 11 is 6.04. The van der Waals surface area contributed by atoms with E-state index >= 15 is 0 Å². The second-order valence-corrected chi connectivity index (χ2v) is 6.02. The Morgan fingerprint density at radius 3 is 2.95 bits per heavy atom. The maximum absolute atomic E-state index is 12.1. The number of rotatable bonds is 5. The van der Waals surface area contributed by atoms with E-state index in [0.717, 1.165) is 11.1 Å². The van der Waals surface area contributed by atoms with Crippen LogP contribution in [0.4, 0.5) is 5.69 Å². The molecular formula is C15H18ClN3O2. The Labute approximate surface area is 127 Å². The van der Waals surface area contributed by atoms with Crippen LogP contribution < -0.4 is 10.9 Å². The Hall–Kier alpha value is -1.59. The highest BCUT2D eigenvalue weighted by molar-refractivity contribution is 6.31. The van der Waals surface area contributed by atoms with Gasteiger partial charge in [-0.15, -0.1) is 0 Å². The largest absolute Gasteiger partial charge is 0.396 e. The van der Waals surface area contributed by atoms with Crippen LogP contribution in [0.25, 0.3) is 11.0 Å². The third-order valence-corrected chi connectivity index (χ3v) is 4.22. The smallest absolute Gasteiger partial charge is 0.253 e. The minimum Gasteiger partial charge on any atom is -0.396 e. The summed E-state index contributed by atoms with van der Waals surface area (Å²) in [5.74, 6) is 0.573. The van der Waals surface area contributed by atoms with Crippen molar-refractivity contribution in [3.8, 4) is 0 Å². The Morgan fingerprint density at radius 2 is 2.29 bits per heavy atom. The van der Waals surface area contributed by atoms with Gasteiger partial charge in [0.15, 0.2) is 0 Å². The van der Waals surface area contributed by atoms with Crippen molar-refractivity contribution in [1.82, 2.24) is 9.55 Å². The first-order valence-corrected chi connectivity index (χ1v) is 7.50. The molecule has 0 saturated heterocycles. The van der Waals surface area contributed by atoms with E-state index in [0.29, 0.717) is 23.0 Å². The number of aryl methyl sites for hydroxylation is 1. The second-order valence-electron chi connectivity index (χ2n) is 5.58. The van der Waals surface area contributed by atoms with Gasteiger partial charge in [0, 0.05) is 37.3 Å². The molecule has 1 atom stereocenters. The molecule has 1 aliphatic carbocycles. The lowest BCUT2D eigenvalue weighted by Gasteiger charge is -2.20. The topological polar surface area (TPSA) is 67.2 Å². The van der Waals surface area contributed by atoms with E-state index in [1.165, 1.54) is 17.4 Å². The van der Waals surface area contributed by atoms with Crippen molar-refractivity contribution < 1.29 is 5.11 Å². The Balaban J connectivity index is 2.06. The van der Waals surface area contributed by atoms with Crippen LogP contribution in [0.1, 0.15) is 19.3 Å². The summed E-state index contributed by atoms with van der Waals surface area (Å²) < 4.78 is 1.51. The molecule has 2 aromatic rings. The van der Waals surface area contributed by atoms with Gasteiger partial charge in [0.2, 0.25) is 0 Å². The number of hydrogen-bond donors (Lipinski definition) is 2. The summed E-state index contributed by atoms with van der Waals surface area (Å²) in [7, 11) is 1.70. The number of halogens is 1. The molecule has 2 N–H and O–H groups in total. The number of aliphatic hydroxyl groups excluding tert-OH is 1. The molecule has 0 aliphatic heterocycles. The van der Waals surface area contributed by atoms with Crippen molar-refractivity contribution in [2.24, 2.45) is 13.0 Å². The Morgan fingerprint density at radius 1 is 1.52 bits per heavy atom. The quantitative estimate of drug-likeness (QED) is 0.888. The van der Waals surface area contributed by atoms with Crippen molar-refractivity contribution in [2.75, 3.05) is 11.9 Å². The second kappa shape index (κ2) is 5.66. The fourth-order valence-electron chi connectivity index (χ4n) is 2.68. The number of nitrogens with one attached hydrogen (secondary N) is 1. The average molecular weight is 308 g/mol. The third kappa shape index (κ3) is 2.89. The van der Waals surface area contributed by atoms with Gasteiger partial charge in [-0.2, -0.15) is 0 Å². The zero-order valence-corrected chi connectivity index (χ0v) is 12.6. The first-order valence-electron chi connectivity index (χ1n) is 7.13. The molecule has 0 unspecified atom stereocenters. The van der Waals surface area contributed by atoms with Gasteiger partial charge in [-0.3, -0.25) is 9.36 Å². The van der Waals surface area contributed by atoms with Crippen LogP contribution in [-0.2, 0) is 7.05 Å². The number of pyridine rings is 2. The van der Waals surface area contributed by atoms with Gasteiger partial charge in [0.05, 0.1) is 10.7 Å². The third-order valence-electron chi connectivity index (χ3n) is 4.01. The van der Waals surface area contributed by atoms with Crippen molar-refractivity contribution >= 4 is 28.3 Å². The normalized spacial score (nSPS) is 16.1. The number of aromatic nitrogens is 2. The predicted molar refractivity (Wildman–Crippen MR) is 83.8 cm³/mol. The van der Waals surface area contributed by atoms with Gasteiger partial charge in [-0.1, -0.05) is 11.6 Å². The standard InChI is InChI=1S/C15H18ClN3O2/c1-19-14(21)7-13(11-6-10(16)8-17-15(11)19)18-12(4-5-20)9-2-3-9/h6-9,12,18,20H,2-5H2,1H3/t12-/m1/s1. The molecule has 6 heteroatoms. The fourth-order valence-corrected chi connectivity index (χ4v) is 2.84. The van der Waals surface area contributed by atoms with Crippen LogP contribution in [0, 0.1) is 5.92 Å². The minimum absolute atomic E-state index is 0.113. The van der Waals surface area contributed by atoms with E-state index in [2.05, 4.69) is 10.3 Å². The van der Waals surface area contributed by atoms with Crippen LogP contribution in [0.15, 0.2) is 23.1 Å². The summed E-state index contributed by atoms with van der Waals surface area (Å²) in [6, 6.07) is 3.58. The van der Waals surface area contributed by atoms with Crippen LogP contribution in [0.3, 0.4) is 0 Å². The van der Waals surface area contributed by atoms with E-state index in [9.17, 15) is 9.90 Å². The highest BCUT2D eigenvalue weighted by Gasteiger charge is 2.31. The lowest BCUT2D eigenvalue weighted by molar-refractivity contribution is 0.274. The van der Waals surface area contributed by atoms with Crippen LogP contribution in [0.2, 0.25) is 5.02 Å². The molecule has 0 aromatic carbocycles. The lowest BCUT2D eigenvalue weighted by atomic mass is 10.1. The van der Waals surface area contributed by atoms with Crippen molar-refractivity contribution in [1.29, 1.82) is 0 Å². The highest BCUT2D eigenvalue weighted by Crippen LogP contribution is 2.36. The maximum atomic E-state index is 12.1. The van der Waals surface area contributed by atoms with Crippen molar-refractivity contribution in [3.63, 3.8) is 0 Å². The number of hydrogen-bond acceptors (Lipinski definition) is 4.